The Morgan fingerprint density at radius 3 is 3.00 bits per heavy atom. The van der Waals surface area contributed by atoms with E-state index in [-0.39, 0.29) is 11.9 Å². The van der Waals surface area contributed by atoms with Gasteiger partial charge in [0.25, 0.3) is 0 Å². The van der Waals surface area contributed by atoms with Gasteiger partial charge in [0.05, 0.1) is 6.10 Å². The molecule has 0 saturated carbocycles. The largest absolute Gasteiger partial charge is 0.376 e. The van der Waals surface area contributed by atoms with E-state index in [4.69, 9.17) is 10.5 Å². The molecule has 92 valence electrons. The van der Waals surface area contributed by atoms with Crippen molar-refractivity contribution in [2.24, 2.45) is 5.73 Å². The fourth-order valence-corrected chi connectivity index (χ4v) is 1.97. The highest BCUT2D eigenvalue weighted by molar-refractivity contribution is 5.83. The molecule has 0 bridgehead atoms. The number of hydrogen-bond donors (Lipinski definition) is 2. The van der Waals surface area contributed by atoms with Crippen LogP contribution < -0.4 is 11.1 Å². The third kappa shape index (κ3) is 2.94. The van der Waals surface area contributed by atoms with Crippen molar-refractivity contribution in [3.05, 3.63) is 30.1 Å². The van der Waals surface area contributed by atoms with Gasteiger partial charge in [-0.3, -0.25) is 4.79 Å². The molecule has 2 unspecified atom stereocenters. The summed E-state index contributed by atoms with van der Waals surface area (Å²) in [4.78, 5) is 11.4. The number of benzene rings is 1. The van der Waals surface area contributed by atoms with Crippen molar-refractivity contribution in [1.82, 2.24) is 0 Å². The van der Waals surface area contributed by atoms with Gasteiger partial charge < -0.3 is 15.8 Å². The van der Waals surface area contributed by atoms with Crippen LogP contribution in [0.2, 0.25) is 0 Å². The SMILES string of the molecule is NC(=O)C(Nc1cccc(F)c1)C1CCCO1. The Balaban J connectivity index is 2.09. The van der Waals surface area contributed by atoms with Gasteiger partial charge in [0, 0.05) is 12.3 Å². The first-order valence-electron chi connectivity index (χ1n) is 5.60. The summed E-state index contributed by atoms with van der Waals surface area (Å²) in [5.41, 5.74) is 5.86. The van der Waals surface area contributed by atoms with E-state index >= 15 is 0 Å². The molecule has 4 nitrogen and oxygen atoms in total. The quantitative estimate of drug-likeness (QED) is 0.830. The van der Waals surface area contributed by atoms with Crippen molar-refractivity contribution in [1.29, 1.82) is 0 Å². The standard InChI is InChI=1S/C12H15FN2O2/c13-8-3-1-4-9(7-8)15-11(12(14)16)10-5-2-6-17-10/h1,3-4,7,10-11,15H,2,5-6H2,(H2,14,16). The van der Waals surface area contributed by atoms with Gasteiger partial charge in [-0.15, -0.1) is 0 Å². The van der Waals surface area contributed by atoms with Crippen LogP contribution in [-0.2, 0) is 9.53 Å². The summed E-state index contributed by atoms with van der Waals surface area (Å²) >= 11 is 0. The number of carbonyl (C=O) groups excluding carboxylic acids is 1. The monoisotopic (exact) mass is 238 g/mol. The summed E-state index contributed by atoms with van der Waals surface area (Å²) in [6.07, 6.45) is 1.48. The number of carbonyl (C=O) groups is 1. The van der Waals surface area contributed by atoms with E-state index in [2.05, 4.69) is 5.32 Å². The molecule has 1 aromatic carbocycles. The third-order valence-electron chi connectivity index (χ3n) is 2.79. The Labute approximate surface area is 98.9 Å². The van der Waals surface area contributed by atoms with Crippen molar-refractivity contribution >= 4 is 11.6 Å². The molecule has 0 spiro atoms. The molecular formula is C12H15FN2O2. The normalized spacial score (nSPS) is 21.1. The molecule has 0 radical (unpaired) electrons. The molecule has 1 amide bonds. The van der Waals surface area contributed by atoms with E-state index in [1.54, 1.807) is 12.1 Å². The van der Waals surface area contributed by atoms with Crippen LogP contribution in [0.4, 0.5) is 10.1 Å². The predicted octanol–water partition coefficient (Wildman–Crippen LogP) is 1.27. The van der Waals surface area contributed by atoms with Gasteiger partial charge in [-0.2, -0.15) is 0 Å². The second-order valence-corrected chi connectivity index (χ2v) is 4.09. The second-order valence-electron chi connectivity index (χ2n) is 4.09. The van der Waals surface area contributed by atoms with E-state index in [0.29, 0.717) is 12.3 Å². The van der Waals surface area contributed by atoms with Crippen LogP contribution in [0.15, 0.2) is 24.3 Å². The Hall–Kier alpha value is -1.62. The first-order valence-corrected chi connectivity index (χ1v) is 5.60. The van der Waals surface area contributed by atoms with Crippen LogP contribution in [0.25, 0.3) is 0 Å². The zero-order chi connectivity index (χ0) is 12.3. The zero-order valence-electron chi connectivity index (χ0n) is 9.36. The van der Waals surface area contributed by atoms with Crippen LogP contribution >= 0.6 is 0 Å². The molecular weight excluding hydrogens is 223 g/mol. The molecule has 3 N–H and O–H groups in total. The molecule has 1 aromatic rings. The van der Waals surface area contributed by atoms with Crippen molar-refractivity contribution in [2.75, 3.05) is 11.9 Å². The molecule has 1 aliphatic heterocycles. The number of hydrogen-bond acceptors (Lipinski definition) is 3. The number of nitrogens with one attached hydrogen (secondary N) is 1. The Morgan fingerprint density at radius 2 is 2.41 bits per heavy atom. The molecule has 1 heterocycles. The van der Waals surface area contributed by atoms with Gasteiger partial charge in [-0.05, 0) is 31.0 Å². The fraction of sp³-hybridized carbons (Fsp3) is 0.417. The number of halogens is 1. The van der Waals surface area contributed by atoms with E-state index in [9.17, 15) is 9.18 Å². The highest BCUT2D eigenvalue weighted by Crippen LogP contribution is 2.19. The Kier molecular flexibility index (Phi) is 3.58. The first-order chi connectivity index (χ1) is 8.16. The van der Waals surface area contributed by atoms with Crippen LogP contribution in [0, 0.1) is 5.82 Å². The fourth-order valence-electron chi connectivity index (χ4n) is 1.97. The number of anilines is 1. The van der Waals surface area contributed by atoms with Crippen LogP contribution in [0.1, 0.15) is 12.8 Å². The topological polar surface area (TPSA) is 64.4 Å². The van der Waals surface area contributed by atoms with Crippen LogP contribution in [0.3, 0.4) is 0 Å². The van der Waals surface area contributed by atoms with Crippen molar-refractivity contribution in [2.45, 2.75) is 25.0 Å². The summed E-state index contributed by atoms with van der Waals surface area (Å²) in [5, 5.41) is 2.92. The summed E-state index contributed by atoms with van der Waals surface area (Å²) in [5.74, 6) is -0.841. The lowest BCUT2D eigenvalue weighted by Crippen LogP contribution is -2.44. The van der Waals surface area contributed by atoms with Crippen LogP contribution in [-0.4, -0.2) is 24.7 Å². The minimum absolute atomic E-state index is 0.226. The first kappa shape index (κ1) is 11.9. The van der Waals surface area contributed by atoms with E-state index in [1.165, 1.54) is 12.1 Å². The average Bonchev–Trinajstić information content (AvgIpc) is 2.78. The van der Waals surface area contributed by atoms with E-state index in [0.717, 1.165) is 12.8 Å². The summed E-state index contributed by atoms with van der Waals surface area (Å²) in [6.45, 7) is 0.638. The summed E-state index contributed by atoms with van der Waals surface area (Å²) in [7, 11) is 0. The van der Waals surface area contributed by atoms with Gasteiger partial charge in [-0.25, -0.2) is 4.39 Å². The average molecular weight is 238 g/mol. The van der Waals surface area contributed by atoms with Crippen molar-refractivity contribution in [3.63, 3.8) is 0 Å². The lowest BCUT2D eigenvalue weighted by Gasteiger charge is -2.22. The number of nitrogens with two attached hydrogens (primary N) is 1. The maximum Gasteiger partial charge on any atom is 0.242 e. The maximum atomic E-state index is 13.0. The summed E-state index contributed by atoms with van der Waals surface area (Å²) < 4.78 is 18.4. The number of ether oxygens (including phenoxy) is 1. The van der Waals surface area contributed by atoms with Gasteiger partial charge in [0.2, 0.25) is 5.91 Å². The summed E-state index contributed by atoms with van der Waals surface area (Å²) in [6, 6.07) is 5.32. The Bertz CT molecular complexity index is 405. The van der Waals surface area contributed by atoms with Crippen LogP contribution in [0.5, 0.6) is 0 Å². The molecule has 2 atom stereocenters. The molecule has 0 aromatic heterocycles. The minimum atomic E-state index is -0.612. The second kappa shape index (κ2) is 5.14. The van der Waals surface area contributed by atoms with Crippen molar-refractivity contribution < 1.29 is 13.9 Å². The predicted molar refractivity (Wildman–Crippen MR) is 62.0 cm³/mol. The van der Waals surface area contributed by atoms with E-state index < -0.39 is 11.9 Å². The van der Waals surface area contributed by atoms with E-state index in [1.807, 2.05) is 0 Å². The number of amides is 1. The highest BCUT2D eigenvalue weighted by Gasteiger charge is 2.30. The zero-order valence-corrected chi connectivity index (χ0v) is 9.36. The molecule has 5 heteroatoms. The molecule has 2 rings (SSSR count). The smallest absolute Gasteiger partial charge is 0.242 e. The Morgan fingerprint density at radius 1 is 1.59 bits per heavy atom. The molecule has 0 aliphatic carbocycles. The van der Waals surface area contributed by atoms with Gasteiger partial charge in [0.15, 0.2) is 0 Å². The lowest BCUT2D eigenvalue weighted by molar-refractivity contribution is -0.121. The number of rotatable bonds is 4. The lowest BCUT2D eigenvalue weighted by atomic mass is 10.1. The maximum absolute atomic E-state index is 13.0. The van der Waals surface area contributed by atoms with Gasteiger partial charge >= 0.3 is 0 Å². The molecule has 1 saturated heterocycles. The number of primary amides is 1. The molecule has 17 heavy (non-hydrogen) atoms. The molecule has 1 aliphatic rings. The highest BCUT2D eigenvalue weighted by atomic mass is 19.1. The minimum Gasteiger partial charge on any atom is -0.376 e. The van der Waals surface area contributed by atoms with Gasteiger partial charge in [-0.1, -0.05) is 6.07 Å². The van der Waals surface area contributed by atoms with Gasteiger partial charge in [0.1, 0.15) is 11.9 Å². The molecule has 1 fully saturated rings. The van der Waals surface area contributed by atoms with Crippen molar-refractivity contribution in [3.8, 4) is 0 Å². The third-order valence-corrected chi connectivity index (χ3v) is 2.79.